The first-order chi connectivity index (χ1) is 7.11. The molecule has 0 aromatic rings. The van der Waals surface area contributed by atoms with Crippen molar-refractivity contribution in [1.82, 2.24) is 4.90 Å². The number of hydrogen-bond donors (Lipinski definition) is 0. The van der Waals surface area contributed by atoms with Crippen molar-refractivity contribution in [1.29, 1.82) is 0 Å². The standard InChI is InChI=1S/C10H13ClN2OS/c1-6(2)7-8(9(11)14)15-10-12-4-3-5-13(7)10/h6H,3-5H2,1-2H3. The summed E-state index contributed by atoms with van der Waals surface area (Å²) in [6, 6.07) is 0. The summed E-state index contributed by atoms with van der Waals surface area (Å²) in [5.74, 6) is 0.306. The molecule has 2 rings (SSSR count). The Balaban J connectivity index is 2.40. The molecule has 0 aliphatic carbocycles. The molecule has 0 saturated heterocycles. The third-order valence-corrected chi connectivity index (χ3v) is 3.89. The number of fused-ring (bicyclic) bond motifs is 1. The molecule has 0 fully saturated rings. The smallest absolute Gasteiger partial charge is 0.261 e. The fourth-order valence-corrected chi connectivity index (χ4v) is 3.26. The van der Waals surface area contributed by atoms with Gasteiger partial charge in [0.25, 0.3) is 5.24 Å². The first-order valence-corrected chi connectivity index (χ1v) is 6.24. The Labute approximate surface area is 98.6 Å². The Kier molecular flexibility index (Phi) is 3.07. The van der Waals surface area contributed by atoms with Gasteiger partial charge in [0, 0.05) is 18.8 Å². The molecule has 5 heteroatoms. The van der Waals surface area contributed by atoms with E-state index >= 15 is 0 Å². The predicted molar refractivity (Wildman–Crippen MR) is 63.9 cm³/mol. The topological polar surface area (TPSA) is 32.7 Å². The molecule has 0 aromatic carbocycles. The molecule has 0 radical (unpaired) electrons. The van der Waals surface area contributed by atoms with Gasteiger partial charge in [-0.1, -0.05) is 13.8 Å². The average molecular weight is 245 g/mol. The molecule has 2 heterocycles. The Bertz CT molecular complexity index is 362. The van der Waals surface area contributed by atoms with Crippen LogP contribution < -0.4 is 0 Å². The number of allylic oxidation sites excluding steroid dienone is 2. The lowest BCUT2D eigenvalue weighted by Crippen LogP contribution is -2.31. The highest BCUT2D eigenvalue weighted by Crippen LogP contribution is 2.40. The molecule has 82 valence electrons. The van der Waals surface area contributed by atoms with E-state index in [1.807, 2.05) is 0 Å². The fourth-order valence-electron chi connectivity index (χ4n) is 1.88. The quantitative estimate of drug-likeness (QED) is 0.700. The third-order valence-electron chi connectivity index (χ3n) is 2.46. The van der Waals surface area contributed by atoms with Crippen molar-refractivity contribution in [3.8, 4) is 0 Å². The summed E-state index contributed by atoms with van der Waals surface area (Å²) in [6.07, 6.45) is 1.05. The molecule has 2 aliphatic rings. The van der Waals surface area contributed by atoms with E-state index in [2.05, 4.69) is 23.7 Å². The SMILES string of the molecule is CC(C)C1=C(C(=O)Cl)SC2=NCCCN21. The zero-order chi connectivity index (χ0) is 11.0. The predicted octanol–water partition coefficient (Wildman–Crippen LogP) is 2.43. The van der Waals surface area contributed by atoms with Crippen molar-refractivity contribution in [2.45, 2.75) is 20.3 Å². The summed E-state index contributed by atoms with van der Waals surface area (Å²) in [5.41, 5.74) is 1.04. The van der Waals surface area contributed by atoms with Crippen LogP contribution >= 0.6 is 23.4 Å². The highest BCUT2D eigenvalue weighted by molar-refractivity contribution is 8.18. The van der Waals surface area contributed by atoms with Gasteiger partial charge < -0.3 is 4.90 Å². The highest BCUT2D eigenvalue weighted by Gasteiger charge is 2.34. The molecule has 0 atom stereocenters. The van der Waals surface area contributed by atoms with Crippen LogP contribution in [0.25, 0.3) is 0 Å². The number of hydrogen-bond acceptors (Lipinski definition) is 4. The van der Waals surface area contributed by atoms with Gasteiger partial charge in [-0.3, -0.25) is 9.79 Å². The Morgan fingerprint density at radius 2 is 2.33 bits per heavy atom. The van der Waals surface area contributed by atoms with Crippen LogP contribution in [0.15, 0.2) is 15.6 Å². The van der Waals surface area contributed by atoms with E-state index < -0.39 is 0 Å². The van der Waals surface area contributed by atoms with Gasteiger partial charge in [-0.25, -0.2) is 0 Å². The van der Waals surface area contributed by atoms with Crippen LogP contribution in [0.1, 0.15) is 20.3 Å². The third kappa shape index (κ3) is 1.93. The van der Waals surface area contributed by atoms with Gasteiger partial charge in [0.1, 0.15) is 0 Å². The number of rotatable bonds is 2. The fraction of sp³-hybridized carbons (Fsp3) is 0.600. The van der Waals surface area contributed by atoms with Gasteiger partial charge in [-0.05, 0) is 35.7 Å². The van der Waals surface area contributed by atoms with Crippen molar-refractivity contribution >= 4 is 33.8 Å². The van der Waals surface area contributed by atoms with E-state index in [-0.39, 0.29) is 5.24 Å². The van der Waals surface area contributed by atoms with Crippen molar-refractivity contribution in [2.24, 2.45) is 10.9 Å². The molecule has 0 bridgehead atoms. The number of halogens is 1. The molecular formula is C10H13ClN2OS. The molecule has 0 amide bonds. The second-order valence-electron chi connectivity index (χ2n) is 3.91. The van der Waals surface area contributed by atoms with Gasteiger partial charge in [-0.2, -0.15) is 0 Å². The number of thioether (sulfide) groups is 1. The van der Waals surface area contributed by atoms with Gasteiger partial charge >= 0.3 is 0 Å². The number of amidine groups is 1. The number of carbonyl (C=O) groups excluding carboxylic acids is 1. The van der Waals surface area contributed by atoms with Crippen molar-refractivity contribution in [2.75, 3.05) is 13.1 Å². The summed E-state index contributed by atoms with van der Waals surface area (Å²) in [4.78, 5) is 18.5. The van der Waals surface area contributed by atoms with Crippen LogP contribution in [0, 0.1) is 5.92 Å². The summed E-state index contributed by atoms with van der Waals surface area (Å²) in [5, 5.41) is 0.578. The summed E-state index contributed by atoms with van der Waals surface area (Å²) in [7, 11) is 0. The van der Waals surface area contributed by atoms with Gasteiger partial charge in [0.15, 0.2) is 5.17 Å². The molecule has 15 heavy (non-hydrogen) atoms. The lowest BCUT2D eigenvalue weighted by atomic mass is 10.1. The maximum atomic E-state index is 11.3. The van der Waals surface area contributed by atoms with Crippen LogP contribution in [-0.4, -0.2) is 28.4 Å². The van der Waals surface area contributed by atoms with E-state index in [1.165, 1.54) is 11.8 Å². The Morgan fingerprint density at radius 3 is 2.93 bits per heavy atom. The molecule has 0 N–H and O–H groups in total. The van der Waals surface area contributed by atoms with Crippen molar-refractivity contribution < 1.29 is 4.79 Å². The zero-order valence-electron chi connectivity index (χ0n) is 8.79. The molecule has 0 spiro atoms. The summed E-state index contributed by atoms with van der Waals surface area (Å²) in [6.45, 7) is 5.96. The summed E-state index contributed by atoms with van der Waals surface area (Å²) < 4.78 is 0. The first kappa shape index (κ1) is 11.0. The second kappa shape index (κ2) is 4.18. The van der Waals surface area contributed by atoms with Crippen molar-refractivity contribution in [3.63, 3.8) is 0 Å². The number of aliphatic imine (C=N–C) groups is 1. The van der Waals surface area contributed by atoms with E-state index in [0.717, 1.165) is 30.4 Å². The molecule has 0 unspecified atom stereocenters. The van der Waals surface area contributed by atoms with Crippen LogP contribution in [0.3, 0.4) is 0 Å². The molecule has 3 nitrogen and oxygen atoms in total. The highest BCUT2D eigenvalue weighted by atomic mass is 35.5. The van der Waals surface area contributed by atoms with E-state index in [4.69, 9.17) is 11.6 Å². The molecule has 0 aromatic heterocycles. The monoisotopic (exact) mass is 244 g/mol. The lowest BCUT2D eigenvalue weighted by molar-refractivity contribution is -0.108. The van der Waals surface area contributed by atoms with E-state index in [0.29, 0.717) is 10.8 Å². The van der Waals surface area contributed by atoms with Crippen LogP contribution in [0.2, 0.25) is 0 Å². The van der Waals surface area contributed by atoms with Crippen LogP contribution in [0.5, 0.6) is 0 Å². The van der Waals surface area contributed by atoms with Gasteiger partial charge in [0.2, 0.25) is 0 Å². The average Bonchev–Trinajstić information content (AvgIpc) is 2.56. The minimum atomic E-state index is -0.360. The molecular weight excluding hydrogens is 232 g/mol. The summed E-state index contributed by atoms with van der Waals surface area (Å²) >= 11 is 7.00. The minimum absolute atomic E-state index is 0.306. The molecule has 0 saturated carbocycles. The van der Waals surface area contributed by atoms with Gasteiger partial charge in [-0.15, -0.1) is 0 Å². The number of nitrogens with zero attached hydrogens (tertiary/aromatic N) is 2. The largest absolute Gasteiger partial charge is 0.323 e. The van der Waals surface area contributed by atoms with Crippen LogP contribution in [-0.2, 0) is 4.79 Å². The van der Waals surface area contributed by atoms with Crippen molar-refractivity contribution in [3.05, 3.63) is 10.6 Å². The first-order valence-electron chi connectivity index (χ1n) is 5.05. The lowest BCUT2D eigenvalue weighted by Gasteiger charge is -2.27. The maximum Gasteiger partial charge on any atom is 0.261 e. The Morgan fingerprint density at radius 1 is 1.60 bits per heavy atom. The van der Waals surface area contributed by atoms with Gasteiger partial charge in [0.05, 0.1) is 4.91 Å². The maximum absolute atomic E-state index is 11.3. The Hall–Kier alpha value is -0.480. The number of carbonyl (C=O) groups is 1. The van der Waals surface area contributed by atoms with E-state index in [1.54, 1.807) is 0 Å². The van der Waals surface area contributed by atoms with E-state index in [9.17, 15) is 4.79 Å². The second-order valence-corrected chi connectivity index (χ2v) is 5.24. The minimum Gasteiger partial charge on any atom is -0.323 e. The van der Waals surface area contributed by atoms with Crippen LogP contribution in [0.4, 0.5) is 0 Å². The normalized spacial score (nSPS) is 20.8. The molecule has 2 aliphatic heterocycles. The zero-order valence-corrected chi connectivity index (χ0v) is 10.4.